The fourth-order valence-corrected chi connectivity index (χ4v) is 5.87. The van der Waals surface area contributed by atoms with Crippen LogP contribution in [0.1, 0.15) is 73.7 Å². The topological polar surface area (TPSA) is 82.7 Å². The Labute approximate surface area is 212 Å². The van der Waals surface area contributed by atoms with E-state index in [1.165, 1.54) is 24.7 Å². The van der Waals surface area contributed by atoms with Crippen LogP contribution >= 0.6 is 0 Å². The third kappa shape index (κ3) is 4.85. The molecule has 0 amide bonds. The highest BCUT2D eigenvalue weighted by Gasteiger charge is 2.29. The minimum atomic E-state index is -1.05. The van der Waals surface area contributed by atoms with Gasteiger partial charge < -0.3 is 19.9 Å². The highest BCUT2D eigenvalue weighted by Crippen LogP contribution is 2.47. The molecule has 1 aliphatic carbocycles. The van der Waals surface area contributed by atoms with Crippen molar-refractivity contribution < 1.29 is 19.4 Å². The van der Waals surface area contributed by atoms with Gasteiger partial charge in [0.25, 0.3) is 0 Å². The Morgan fingerprint density at radius 3 is 2.83 bits per heavy atom. The Balaban J connectivity index is 1.71. The molecular formula is C31H35NO4. The summed E-state index contributed by atoms with van der Waals surface area (Å²) in [6, 6.07) is 7.55. The number of carboxylic acids is 1. The van der Waals surface area contributed by atoms with Gasteiger partial charge in [-0.1, -0.05) is 54.1 Å². The molecule has 1 aromatic heterocycles. The van der Waals surface area contributed by atoms with Gasteiger partial charge >= 0.3 is 5.97 Å². The zero-order chi connectivity index (χ0) is 25.1. The van der Waals surface area contributed by atoms with Crippen molar-refractivity contribution >= 4 is 27.7 Å². The third-order valence-corrected chi connectivity index (χ3v) is 7.86. The van der Waals surface area contributed by atoms with Crippen molar-refractivity contribution in [2.45, 2.75) is 57.8 Å². The first-order chi connectivity index (χ1) is 17.5. The average Bonchev–Trinajstić information content (AvgIpc) is 3.14. The number of aromatic hydroxyl groups is 1. The Hall–Kier alpha value is -3.31. The van der Waals surface area contributed by atoms with Gasteiger partial charge in [0.15, 0.2) is 0 Å². The molecule has 2 atom stereocenters. The number of phenolic OH excluding ortho intramolecular Hbond substituents is 1. The van der Waals surface area contributed by atoms with Crippen LogP contribution in [0.5, 0.6) is 5.75 Å². The zero-order valence-corrected chi connectivity index (χ0v) is 20.9. The number of hydrogen-bond acceptors (Lipinski definition) is 4. The molecule has 36 heavy (non-hydrogen) atoms. The number of benzene rings is 2. The van der Waals surface area contributed by atoms with E-state index in [0.717, 1.165) is 56.2 Å². The van der Waals surface area contributed by atoms with Crippen molar-refractivity contribution in [3.8, 4) is 5.75 Å². The third-order valence-electron chi connectivity index (χ3n) is 7.86. The molecule has 5 heteroatoms. The summed E-state index contributed by atoms with van der Waals surface area (Å²) in [5.41, 5.74) is 3.72. The van der Waals surface area contributed by atoms with Crippen molar-refractivity contribution in [3.63, 3.8) is 0 Å². The van der Waals surface area contributed by atoms with E-state index in [9.17, 15) is 15.0 Å². The molecule has 3 N–H and O–H groups in total. The lowest BCUT2D eigenvalue weighted by Gasteiger charge is -2.25. The monoisotopic (exact) mass is 485 g/mol. The molecule has 188 valence electrons. The van der Waals surface area contributed by atoms with Crippen molar-refractivity contribution in [2.24, 2.45) is 5.92 Å². The lowest BCUT2D eigenvalue weighted by molar-refractivity contribution is 0.0698. The van der Waals surface area contributed by atoms with Crippen LogP contribution in [0.2, 0.25) is 0 Å². The number of furan rings is 1. The van der Waals surface area contributed by atoms with Crippen LogP contribution in [-0.4, -0.2) is 29.3 Å². The number of aromatic carboxylic acids is 1. The van der Waals surface area contributed by atoms with Gasteiger partial charge in [0.05, 0.1) is 0 Å². The Bertz CT molecular complexity index is 1350. The summed E-state index contributed by atoms with van der Waals surface area (Å²) in [6.07, 6.45) is 17.4. The van der Waals surface area contributed by atoms with Crippen molar-refractivity contribution in [3.05, 3.63) is 77.1 Å². The molecule has 2 unspecified atom stereocenters. The molecule has 0 radical (unpaired) electrons. The molecule has 3 aromatic rings. The van der Waals surface area contributed by atoms with Gasteiger partial charge in [0.2, 0.25) is 0 Å². The SMILES string of the molecule is CC1=CC=C(C(CCC2CCCNCC2)c2c(O)c3ccccc3c3occ(C(=O)O)c23)C=CCC1. The summed E-state index contributed by atoms with van der Waals surface area (Å²) in [5, 5.41) is 27.2. The van der Waals surface area contributed by atoms with Gasteiger partial charge in [-0.3, -0.25) is 0 Å². The predicted octanol–water partition coefficient (Wildman–Crippen LogP) is 7.47. The van der Waals surface area contributed by atoms with Crippen LogP contribution in [0, 0.1) is 5.92 Å². The minimum absolute atomic E-state index is 0.104. The number of carboxylic acid groups (broad SMARTS) is 1. The first-order valence-electron chi connectivity index (χ1n) is 13.2. The average molecular weight is 486 g/mol. The number of rotatable bonds is 6. The highest BCUT2D eigenvalue weighted by molar-refractivity contribution is 6.15. The van der Waals surface area contributed by atoms with Gasteiger partial charge in [-0.05, 0) is 76.5 Å². The summed E-state index contributed by atoms with van der Waals surface area (Å²) >= 11 is 0. The lowest BCUT2D eigenvalue weighted by atomic mass is 9.79. The number of nitrogens with one attached hydrogen (secondary N) is 1. The van der Waals surface area contributed by atoms with Crippen LogP contribution < -0.4 is 5.32 Å². The maximum Gasteiger partial charge on any atom is 0.339 e. The molecule has 5 rings (SSSR count). The molecule has 0 bridgehead atoms. The molecule has 2 heterocycles. The highest BCUT2D eigenvalue weighted by atomic mass is 16.4. The van der Waals surface area contributed by atoms with E-state index in [0.29, 0.717) is 27.8 Å². The van der Waals surface area contributed by atoms with Gasteiger partial charge in [0, 0.05) is 27.6 Å². The largest absolute Gasteiger partial charge is 0.507 e. The van der Waals surface area contributed by atoms with Crippen LogP contribution in [0.3, 0.4) is 0 Å². The maximum atomic E-state index is 12.3. The first kappa shape index (κ1) is 24.4. The smallest absolute Gasteiger partial charge is 0.339 e. The lowest BCUT2D eigenvalue weighted by Crippen LogP contribution is -2.14. The molecular weight excluding hydrogens is 450 g/mol. The van der Waals surface area contributed by atoms with Crippen molar-refractivity contribution in [2.75, 3.05) is 13.1 Å². The number of phenols is 1. The van der Waals surface area contributed by atoms with Crippen molar-refractivity contribution in [1.29, 1.82) is 0 Å². The van der Waals surface area contributed by atoms with Crippen molar-refractivity contribution in [1.82, 2.24) is 5.32 Å². The maximum absolute atomic E-state index is 12.3. The predicted molar refractivity (Wildman–Crippen MR) is 145 cm³/mol. The number of allylic oxidation sites excluding steroid dienone is 6. The van der Waals surface area contributed by atoms with E-state index in [2.05, 4.69) is 36.5 Å². The Morgan fingerprint density at radius 2 is 2.00 bits per heavy atom. The van der Waals surface area contributed by atoms with E-state index in [1.807, 2.05) is 24.3 Å². The molecule has 1 fully saturated rings. The summed E-state index contributed by atoms with van der Waals surface area (Å²) in [4.78, 5) is 12.3. The molecule has 0 saturated carbocycles. The second-order valence-corrected chi connectivity index (χ2v) is 10.3. The summed E-state index contributed by atoms with van der Waals surface area (Å²) in [7, 11) is 0. The molecule has 1 aliphatic heterocycles. The fourth-order valence-electron chi connectivity index (χ4n) is 5.87. The van der Waals surface area contributed by atoms with Gasteiger partial charge in [-0.25, -0.2) is 4.79 Å². The Morgan fingerprint density at radius 1 is 1.17 bits per heavy atom. The number of hydrogen-bond donors (Lipinski definition) is 3. The quantitative estimate of drug-likeness (QED) is 0.337. The second-order valence-electron chi connectivity index (χ2n) is 10.3. The van der Waals surface area contributed by atoms with E-state index in [4.69, 9.17) is 4.42 Å². The molecule has 5 nitrogen and oxygen atoms in total. The summed E-state index contributed by atoms with van der Waals surface area (Å²) in [5.74, 6) is -0.426. The zero-order valence-electron chi connectivity index (χ0n) is 20.9. The van der Waals surface area contributed by atoms with Gasteiger partial charge in [-0.2, -0.15) is 0 Å². The Kier molecular flexibility index (Phi) is 7.28. The number of carbonyl (C=O) groups is 1. The molecule has 0 spiro atoms. The fraction of sp³-hybridized carbons (Fsp3) is 0.387. The van der Waals surface area contributed by atoms with Crippen LogP contribution in [0.15, 0.2) is 70.4 Å². The van der Waals surface area contributed by atoms with E-state index in [-0.39, 0.29) is 17.2 Å². The van der Waals surface area contributed by atoms with Gasteiger partial charge in [-0.15, -0.1) is 0 Å². The van der Waals surface area contributed by atoms with Crippen LogP contribution in [-0.2, 0) is 0 Å². The molecule has 2 aromatic carbocycles. The van der Waals surface area contributed by atoms with E-state index < -0.39 is 5.97 Å². The van der Waals surface area contributed by atoms with E-state index >= 15 is 0 Å². The first-order valence-corrected chi connectivity index (χ1v) is 13.2. The normalized spacial score (nSPS) is 19.9. The van der Waals surface area contributed by atoms with Crippen LogP contribution in [0.4, 0.5) is 0 Å². The van der Waals surface area contributed by atoms with Crippen LogP contribution in [0.25, 0.3) is 21.7 Å². The minimum Gasteiger partial charge on any atom is -0.507 e. The standard InChI is InChI=1S/C31H35NO4/c1-20-7-2-3-9-22(14-12-20)23(15-13-21-8-6-17-32-18-16-21)27-28-26(31(34)35)19-36-30(28)25-11-5-4-10-24(25)29(27)33/h3-5,9-12,14,19,21,23,32-33H,2,6-8,13,15-18H2,1H3,(H,34,35). The number of fused-ring (bicyclic) bond motifs is 3. The van der Waals surface area contributed by atoms with Gasteiger partial charge in [0.1, 0.15) is 23.2 Å². The van der Waals surface area contributed by atoms with E-state index in [1.54, 1.807) is 0 Å². The summed E-state index contributed by atoms with van der Waals surface area (Å²) in [6.45, 7) is 4.25. The molecule has 1 saturated heterocycles. The molecule has 2 aliphatic rings. The second kappa shape index (κ2) is 10.8. The summed E-state index contributed by atoms with van der Waals surface area (Å²) < 4.78 is 5.88.